The van der Waals surface area contributed by atoms with Crippen molar-refractivity contribution in [2.75, 3.05) is 13.2 Å². The van der Waals surface area contributed by atoms with Crippen LogP contribution in [0, 0.1) is 6.42 Å². The lowest BCUT2D eigenvalue weighted by molar-refractivity contribution is 0.165. The summed E-state index contributed by atoms with van der Waals surface area (Å²) in [6, 6.07) is 0. The van der Waals surface area contributed by atoms with Crippen molar-refractivity contribution >= 4 is 0 Å². The average Bonchev–Trinajstić information content (AvgIpc) is 1.81. The van der Waals surface area contributed by atoms with Gasteiger partial charge in [-0.1, -0.05) is 13.0 Å². The monoisotopic (exact) mass is 113 g/mol. The molecule has 0 heterocycles. The van der Waals surface area contributed by atoms with Gasteiger partial charge >= 0.3 is 0 Å². The van der Waals surface area contributed by atoms with Crippen molar-refractivity contribution in [2.45, 2.75) is 13.3 Å². The highest BCUT2D eigenvalue weighted by atomic mass is 16.5. The highest BCUT2D eigenvalue weighted by molar-refractivity contribution is 4.64. The van der Waals surface area contributed by atoms with Crippen molar-refractivity contribution in [3.63, 3.8) is 0 Å². The van der Waals surface area contributed by atoms with Gasteiger partial charge in [0, 0.05) is 6.61 Å². The fourth-order valence-corrected chi connectivity index (χ4v) is 0.368. The molecule has 0 atom stereocenters. The second-order valence-electron chi connectivity index (χ2n) is 1.56. The van der Waals surface area contributed by atoms with Gasteiger partial charge in [-0.2, -0.15) is 0 Å². The number of unbranched alkanes of at least 4 members (excludes halogenated alkanes) is 1. The van der Waals surface area contributed by atoms with Crippen LogP contribution in [0.3, 0.4) is 0 Å². The first-order chi connectivity index (χ1) is 3.91. The second-order valence-corrected chi connectivity index (χ2v) is 1.56. The predicted octanol–water partition coefficient (Wildman–Crippen LogP) is 1.80. The van der Waals surface area contributed by atoms with E-state index in [0.717, 1.165) is 13.0 Å². The van der Waals surface area contributed by atoms with Crippen LogP contribution in [0.2, 0.25) is 0 Å². The van der Waals surface area contributed by atoms with E-state index in [0.29, 0.717) is 6.61 Å². The Labute approximate surface area is 51.4 Å². The Bertz CT molecular complexity index is 50.3. The summed E-state index contributed by atoms with van der Waals surface area (Å²) in [6.07, 6.45) is 4.88. The van der Waals surface area contributed by atoms with Crippen molar-refractivity contribution in [3.05, 3.63) is 19.1 Å². The molecular weight excluding hydrogens is 100 g/mol. The van der Waals surface area contributed by atoms with Crippen molar-refractivity contribution in [3.8, 4) is 0 Å². The van der Waals surface area contributed by atoms with Gasteiger partial charge in [-0.05, 0) is 12.8 Å². The quantitative estimate of drug-likeness (QED) is 0.390. The van der Waals surface area contributed by atoms with Gasteiger partial charge in [-0.25, -0.2) is 0 Å². The maximum Gasteiger partial charge on any atom is 0.0644 e. The molecule has 8 heavy (non-hydrogen) atoms. The lowest BCUT2D eigenvalue weighted by Crippen LogP contribution is -1.92. The molecule has 1 radical (unpaired) electrons. The third-order valence-corrected chi connectivity index (χ3v) is 0.787. The molecule has 0 aromatic heterocycles. The highest BCUT2D eigenvalue weighted by Crippen LogP contribution is 1.85. The van der Waals surface area contributed by atoms with E-state index in [1.54, 1.807) is 6.08 Å². The van der Waals surface area contributed by atoms with E-state index in [9.17, 15) is 0 Å². The summed E-state index contributed by atoms with van der Waals surface area (Å²) in [5.41, 5.74) is 0. The van der Waals surface area contributed by atoms with Crippen LogP contribution in [0.5, 0.6) is 0 Å². The Morgan fingerprint density at radius 2 is 2.38 bits per heavy atom. The zero-order valence-electron chi connectivity index (χ0n) is 5.39. The summed E-state index contributed by atoms with van der Waals surface area (Å²) in [4.78, 5) is 0. The molecule has 0 fully saturated rings. The van der Waals surface area contributed by atoms with E-state index in [-0.39, 0.29) is 0 Å². The molecule has 0 unspecified atom stereocenters. The minimum atomic E-state index is 0.674. The minimum absolute atomic E-state index is 0.674. The smallest absolute Gasteiger partial charge is 0.0644 e. The van der Waals surface area contributed by atoms with Gasteiger partial charge in [0.1, 0.15) is 0 Å². The van der Waals surface area contributed by atoms with E-state index in [2.05, 4.69) is 13.0 Å². The third-order valence-electron chi connectivity index (χ3n) is 0.787. The molecule has 0 aromatic carbocycles. The first-order valence-electron chi connectivity index (χ1n) is 2.88. The van der Waals surface area contributed by atoms with Crippen LogP contribution >= 0.6 is 0 Å². The molecule has 0 aliphatic heterocycles. The Hall–Kier alpha value is -0.300. The largest absolute Gasteiger partial charge is 0.377 e. The molecule has 0 aromatic rings. The van der Waals surface area contributed by atoms with Crippen LogP contribution in [-0.4, -0.2) is 13.2 Å². The van der Waals surface area contributed by atoms with Crippen LogP contribution in [-0.2, 0) is 4.74 Å². The zero-order valence-corrected chi connectivity index (χ0v) is 5.39. The molecule has 0 rings (SSSR count). The summed E-state index contributed by atoms with van der Waals surface area (Å²) in [5.74, 6) is 0. The predicted molar refractivity (Wildman–Crippen MR) is 35.6 cm³/mol. The van der Waals surface area contributed by atoms with Crippen molar-refractivity contribution in [2.24, 2.45) is 0 Å². The minimum Gasteiger partial charge on any atom is -0.377 e. The van der Waals surface area contributed by atoms with Gasteiger partial charge in [0.2, 0.25) is 0 Å². The number of hydrogen-bond acceptors (Lipinski definition) is 1. The van der Waals surface area contributed by atoms with Crippen molar-refractivity contribution in [1.29, 1.82) is 0 Å². The Balaban J connectivity index is 2.62. The molecule has 47 valence electrons. The maximum absolute atomic E-state index is 5.07. The van der Waals surface area contributed by atoms with E-state index >= 15 is 0 Å². The van der Waals surface area contributed by atoms with Crippen molar-refractivity contribution < 1.29 is 4.74 Å². The molecule has 1 nitrogen and oxygen atoms in total. The Morgan fingerprint density at radius 1 is 1.62 bits per heavy atom. The van der Waals surface area contributed by atoms with Crippen LogP contribution in [0.25, 0.3) is 0 Å². The van der Waals surface area contributed by atoms with Gasteiger partial charge in [0.25, 0.3) is 0 Å². The summed E-state index contributed by atoms with van der Waals surface area (Å²) >= 11 is 0. The Morgan fingerprint density at radius 3 is 2.88 bits per heavy atom. The number of hydrogen-bond donors (Lipinski definition) is 0. The molecule has 0 saturated carbocycles. The highest BCUT2D eigenvalue weighted by Gasteiger charge is 1.80. The molecular formula is C7H13O. The first-order valence-corrected chi connectivity index (χ1v) is 2.88. The van der Waals surface area contributed by atoms with Gasteiger partial charge in [0.05, 0.1) is 6.61 Å². The van der Waals surface area contributed by atoms with E-state index in [4.69, 9.17) is 4.74 Å². The van der Waals surface area contributed by atoms with Crippen molar-refractivity contribution in [1.82, 2.24) is 0 Å². The van der Waals surface area contributed by atoms with Crippen LogP contribution < -0.4 is 0 Å². The normalized spacial score (nSPS) is 9.12. The number of rotatable bonds is 5. The molecule has 0 aliphatic carbocycles. The van der Waals surface area contributed by atoms with E-state index in [1.165, 1.54) is 0 Å². The molecule has 0 aliphatic rings. The van der Waals surface area contributed by atoms with Crippen LogP contribution in [0.4, 0.5) is 0 Å². The standard InChI is InChI=1S/C7H13O/c1-3-5-7-8-6-4-2/h3-4H,2,5-7H2,1H3. The molecule has 0 bridgehead atoms. The molecule has 0 spiro atoms. The van der Waals surface area contributed by atoms with E-state index in [1.807, 2.05) is 6.92 Å². The third kappa shape index (κ3) is 5.70. The molecule has 0 saturated heterocycles. The summed E-state index contributed by atoms with van der Waals surface area (Å²) in [6.45, 7) is 7.04. The lowest BCUT2D eigenvalue weighted by atomic mass is 10.4. The van der Waals surface area contributed by atoms with E-state index < -0.39 is 0 Å². The zero-order chi connectivity index (χ0) is 6.24. The second kappa shape index (κ2) is 6.70. The molecule has 0 N–H and O–H groups in total. The van der Waals surface area contributed by atoms with Gasteiger partial charge in [0.15, 0.2) is 0 Å². The van der Waals surface area contributed by atoms with Crippen LogP contribution in [0.15, 0.2) is 12.7 Å². The fraction of sp³-hybridized carbons (Fsp3) is 0.571. The summed E-state index contributed by atoms with van der Waals surface area (Å²) in [5, 5.41) is 0. The average molecular weight is 113 g/mol. The summed E-state index contributed by atoms with van der Waals surface area (Å²) in [7, 11) is 0. The molecule has 1 heteroatoms. The van der Waals surface area contributed by atoms with Gasteiger partial charge in [-0.3, -0.25) is 0 Å². The number of ether oxygens (including phenoxy) is 1. The Kier molecular flexibility index (Phi) is 6.45. The summed E-state index contributed by atoms with van der Waals surface area (Å²) < 4.78 is 5.07. The fourth-order valence-electron chi connectivity index (χ4n) is 0.368. The lowest BCUT2D eigenvalue weighted by Gasteiger charge is -1.95. The molecule has 0 amide bonds. The topological polar surface area (TPSA) is 9.23 Å². The van der Waals surface area contributed by atoms with Gasteiger partial charge in [-0.15, -0.1) is 6.58 Å². The SMILES string of the molecule is C=CCOCC[CH]C. The first kappa shape index (κ1) is 7.70. The van der Waals surface area contributed by atoms with Crippen LogP contribution in [0.1, 0.15) is 13.3 Å². The van der Waals surface area contributed by atoms with Gasteiger partial charge < -0.3 is 4.74 Å². The maximum atomic E-state index is 5.07.